The number of sulfone groups is 1. The summed E-state index contributed by atoms with van der Waals surface area (Å²) in [6.07, 6.45) is 2.92. The van der Waals surface area contributed by atoms with Crippen molar-refractivity contribution in [2.24, 2.45) is 0 Å². The standard InChI is InChI=1S/C20H22N4O4S/c1-14(2)20-15(13-23(22-20)16-7-5-4-6-8-16)12-21-18-10-9-17(29(3,27)28)11-19(18)24(25)26/h4-11,13-14,21H,12H2,1-3H3. The Bertz CT molecular complexity index is 1140. The molecule has 152 valence electrons. The first-order valence-corrected chi connectivity index (χ1v) is 10.9. The van der Waals surface area contributed by atoms with E-state index < -0.39 is 14.8 Å². The molecule has 0 saturated heterocycles. The lowest BCUT2D eigenvalue weighted by Crippen LogP contribution is -2.06. The Labute approximate surface area is 169 Å². The van der Waals surface area contributed by atoms with E-state index in [1.807, 2.05) is 50.4 Å². The van der Waals surface area contributed by atoms with E-state index >= 15 is 0 Å². The number of hydrogen-bond donors (Lipinski definition) is 1. The van der Waals surface area contributed by atoms with Gasteiger partial charge in [-0.1, -0.05) is 32.0 Å². The molecule has 1 aromatic heterocycles. The van der Waals surface area contributed by atoms with Gasteiger partial charge < -0.3 is 5.32 Å². The van der Waals surface area contributed by atoms with E-state index in [9.17, 15) is 18.5 Å². The van der Waals surface area contributed by atoms with Gasteiger partial charge in [-0.3, -0.25) is 10.1 Å². The van der Waals surface area contributed by atoms with Crippen LogP contribution in [0.3, 0.4) is 0 Å². The quantitative estimate of drug-likeness (QED) is 0.464. The minimum Gasteiger partial charge on any atom is -0.375 e. The Morgan fingerprint density at radius 3 is 2.45 bits per heavy atom. The molecule has 0 fully saturated rings. The fourth-order valence-electron chi connectivity index (χ4n) is 2.99. The first-order chi connectivity index (χ1) is 13.7. The number of para-hydroxylation sites is 1. The summed E-state index contributed by atoms with van der Waals surface area (Å²) in [5, 5.41) is 19.2. The van der Waals surface area contributed by atoms with Crippen molar-refractivity contribution in [2.45, 2.75) is 31.2 Å². The van der Waals surface area contributed by atoms with Gasteiger partial charge in [0.2, 0.25) is 0 Å². The predicted octanol–water partition coefficient (Wildman–Crippen LogP) is 3.92. The maximum atomic E-state index is 11.7. The highest BCUT2D eigenvalue weighted by atomic mass is 32.2. The van der Waals surface area contributed by atoms with E-state index in [4.69, 9.17) is 0 Å². The fourth-order valence-corrected chi connectivity index (χ4v) is 3.63. The van der Waals surface area contributed by atoms with Crippen LogP contribution in [0.1, 0.15) is 31.0 Å². The maximum absolute atomic E-state index is 11.7. The van der Waals surface area contributed by atoms with Crippen molar-refractivity contribution < 1.29 is 13.3 Å². The summed E-state index contributed by atoms with van der Waals surface area (Å²) in [5.41, 5.74) is 2.69. The van der Waals surface area contributed by atoms with Gasteiger partial charge in [0.15, 0.2) is 9.84 Å². The average Bonchev–Trinajstić information content (AvgIpc) is 3.10. The molecule has 0 aliphatic heterocycles. The van der Waals surface area contributed by atoms with Crippen molar-refractivity contribution in [3.05, 3.63) is 76.1 Å². The molecule has 0 amide bonds. The molecule has 2 aromatic carbocycles. The second-order valence-electron chi connectivity index (χ2n) is 7.04. The third-order valence-corrected chi connectivity index (χ3v) is 5.56. The highest BCUT2D eigenvalue weighted by Gasteiger charge is 2.20. The molecule has 9 heteroatoms. The van der Waals surface area contributed by atoms with Gasteiger partial charge in [0.25, 0.3) is 5.69 Å². The molecule has 0 radical (unpaired) electrons. The molecule has 0 aliphatic rings. The van der Waals surface area contributed by atoms with Crippen LogP contribution in [0.15, 0.2) is 59.6 Å². The van der Waals surface area contributed by atoms with Crippen LogP contribution in [-0.4, -0.2) is 29.4 Å². The minimum atomic E-state index is -3.53. The Morgan fingerprint density at radius 2 is 1.86 bits per heavy atom. The third kappa shape index (κ3) is 4.62. The Hall–Kier alpha value is -3.20. The molecule has 1 N–H and O–H groups in total. The van der Waals surface area contributed by atoms with Crippen molar-refractivity contribution in [3.8, 4) is 5.69 Å². The van der Waals surface area contributed by atoms with Crippen molar-refractivity contribution in [3.63, 3.8) is 0 Å². The average molecular weight is 414 g/mol. The van der Waals surface area contributed by atoms with Gasteiger partial charge in [-0.2, -0.15) is 5.10 Å². The van der Waals surface area contributed by atoms with Crippen LogP contribution in [0.2, 0.25) is 0 Å². The lowest BCUT2D eigenvalue weighted by atomic mass is 10.1. The van der Waals surface area contributed by atoms with Crippen LogP contribution >= 0.6 is 0 Å². The second kappa shape index (κ2) is 8.04. The molecule has 1 heterocycles. The second-order valence-corrected chi connectivity index (χ2v) is 9.05. The molecule has 0 bridgehead atoms. The lowest BCUT2D eigenvalue weighted by molar-refractivity contribution is -0.384. The number of aromatic nitrogens is 2. The van der Waals surface area contributed by atoms with Gasteiger partial charge in [0.05, 0.1) is 21.2 Å². The van der Waals surface area contributed by atoms with Crippen molar-refractivity contribution in [1.82, 2.24) is 9.78 Å². The smallest absolute Gasteiger partial charge is 0.293 e. The van der Waals surface area contributed by atoms with Crippen molar-refractivity contribution in [1.29, 1.82) is 0 Å². The summed E-state index contributed by atoms with van der Waals surface area (Å²) in [7, 11) is -3.53. The Morgan fingerprint density at radius 1 is 1.17 bits per heavy atom. The van der Waals surface area contributed by atoms with Crippen LogP contribution < -0.4 is 5.32 Å². The molecule has 0 saturated carbocycles. The molecular formula is C20H22N4O4S. The zero-order valence-electron chi connectivity index (χ0n) is 16.4. The van der Waals surface area contributed by atoms with E-state index in [0.29, 0.717) is 6.54 Å². The summed E-state index contributed by atoms with van der Waals surface area (Å²) in [6, 6.07) is 13.5. The monoisotopic (exact) mass is 414 g/mol. The molecule has 3 aromatic rings. The number of rotatable bonds is 7. The number of nitrogens with zero attached hydrogens (tertiary/aromatic N) is 3. The number of nitro benzene ring substituents is 1. The predicted molar refractivity (Wildman–Crippen MR) is 111 cm³/mol. The van der Waals surface area contributed by atoms with Gasteiger partial charge in [-0.25, -0.2) is 13.1 Å². The molecule has 8 nitrogen and oxygen atoms in total. The Balaban J connectivity index is 1.92. The van der Waals surface area contributed by atoms with E-state index in [1.54, 1.807) is 4.68 Å². The van der Waals surface area contributed by atoms with Gasteiger partial charge in [0.1, 0.15) is 5.69 Å². The summed E-state index contributed by atoms with van der Waals surface area (Å²) in [5.74, 6) is 0.166. The zero-order chi connectivity index (χ0) is 21.2. The van der Waals surface area contributed by atoms with E-state index in [1.165, 1.54) is 12.1 Å². The summed E-state index contributed by atoms with van der Waals surface area (Å²) >= 11 is 0. The topological polar surface area (TPSA) is 107 Å². The van der Waals surface area contributed by atoms with Gasteiger partial charge in [0, 0.05) is 30.6 Å². The maximum Gasteiger partial charge on any atom is 0.293 e. The van der Waals surface area contributed by atoms with Crippen LogP contribution in [0.5, 0.6) is 0 Å². The highest BCUT2D eigenvalue weighted by molar-refractivity contribution is 7.90. The molecule has 0 spiro atoms. The molecular weight excluding hydrogens is 392 g/mol. The van der Waals surface area contributed by atoms with Crippen LogP contribution in [-0.2, 0) is 16.4 Å². The number of hydrogen-bond acceptors (Lipinski definition) is 6. The zero-order valence-corrected chi connectivity index (χ0v) is 17.2. The Kier molecular flexibility index (Phi) is 5.69. The van der Waals surface area contributed by atoms with Gasteiger partial charge >= 0.3 is 0 Å². The molecule has 0 unspecified atom stereocenters. The van der Waals surface area contributed by atoms with Crippen molar-refractivity contribution in [2.75, 3.05) is 11.6 Å². The summed E-state index contributed by atoms with van der Waals surface area (Å²) in [4.78, 5) is 10.8. The summed E-state index contributed by atoms with van der Waals surface area (Å²) < 4.78 is 25.2. The lowest BCUT2D eigenvalue weighted by Gasteiger charge is -2.09. The molecule has 0 atom stereocenters. The number of benzene rings is 2. The first kappa shape index (κ1) is 20.5. The number of nitro groups is 1. The van der Waals surface area contributed by atoms with Crippen molar-refractivity contribution >= 4 is 21.2 Å². The van der Waals surface area contributed by atoms with Gasteiger partial charge in [-0.15, -0.1) is 0 Å². The number of nitrogens with one attached hydrogen (secondary N) is 1. The SMILES string of the molecule is CC(C)c1nn(-c2ccccc2)cc1CNc1ccc(S(C)(=O)=O)cc1[N+](=O)[O-]. The van der Waals surface area contributed by atoms with E-state index in [0.717, 1.165) is 29.3 Å². The molecule has 29 heavy (non-hydrogen) atoms. The molecule has 0 aliphatic carbocycles. The van der Waals surface area contributed by atoms with E-state index in [-0.39, 0.29) is 22.2 Å². The fraction of sp³-hybridized carbons (Fsp3) is 0.250. The summed E-state index contributed by atoms with van der Waals surface area (Å²) in [6.45, 7) is 4.38. The largest absolute Gasteiger partial charge is 0.375 e. The van der Waals surface area contributed by atoms with E-state index in [2.05, 4.69) is 10.4 Å². The third-order valence-electron chi connectivity index (χ3n) is 4.45. The van der Waals surface area contributed by atoms with Gasteiger partial charge in [-0.05, 0) is 30.2 Å². The first-order valence-electron chi connectivity index (χ1n) is 9.03. The number of anilines is 1. The van der Waals surface area contributed by atoms with Crippen LogP contribution in [0.25, 0.3) is 5.69 Å². The molecule has 3 rings (SSSR count). The van der Waals surface area contributed by atoms with Crippen LogP contribution in [0, 0.1) is 10.1 Å². The highest BCUT2D eigenvalue weighted by Crippen LogP contribution is 2.29. The normalized spacial score (nSPS) is 11.6. The minimum absolute atomic E-state index is 0.0884. The van der Waals surface area contributed by atoms with Crippen LogP contribution in [0.4, 0.5) is 11.4 Å².